The summed E-state index contributed by atoms with van der Waals surface area (Å²) in [6.07, 6.45) is -1.62. The average Bonchev–Trinajstić information content (AvgIpc) is 2.93. The zero-order chi connectivity index (χ0) is 28.6. The number of hydrogen-bond donors (Lipinski definition) is 0. The minimum Gasteiger partial charge on any atom is -0.379 e. The molecule has 1 amide bonds. The van der Waals surface area contributed by atoms with E-state index in [-0.39, 0.29) is 17.9 Å². The summed E-state index contributed by atoms with van der Waals surface area (Å²) < 4.78 is 5.41. The fourth-order valence-corrected chi connectivity index (χ4v) is 4.74. The van der Waals surface area contributed by atoms with Gasteiger partial charge in [-0.2, -0.15) is 4.79 Å². The van der Waals surface area contributed by atoms with Gasteiger partial charge in [0.15, 0.2) is 5.78 Å². The summed E-state index contributed by atoms with van der Waals surface area (Å²) in [6, 6.07) is 14.2. The van der Waals surface area contributed by atoms with Crippen LogP contribution in [0.2, 0.25) is 0 Å². The average molecular weight is 557 g/mol. The summed E-state index contributed by atoms with van der Waals surface area (Å²) in [6.45, 7) is 6.99. The highest BCUT2D eigenvalue weighted by atomic mass is 32.2. The molecule has 0 aromatic heterocycles. The number of benzene rings is 2. The number of amides is 1. The van der Waals surface area contributed by atoms with Crippen molar-refractivity contribution in [1.29, 1.82) is 0 Å². The molecular weight excluding hydrogens is 524 g/mol. The summed E-state index contributed by atoms with van der Waals surface area (Å²) in [4.78, 5) is 56.6. The third-order valence-electron chi connectivity index (χ3n) is 6.27. The lowest BCUT2D eigenvalue weighted by molar-refractivity contribution is -0.396. The lowest BCUT2D eigenvalue weighted by atomic mass is 9.91. The molecular formula is C27H32N4O7S. The number of hydrogen-bond acceptors (Lipinski definition) is 11. The molecule has 12 heteroatoms. The monoisotopic (exact) mass is 556 g/mol. The first-order valence-electron chi connectivity index (χ1n) is 12.4. The van der Waals surface area contributed by atoms with E-state index in [1.165, 1.54) is 11.8 Å². The van der Waals surface area contributed by atoms with Crippen LogP contribution in [-0.4, -0.2) is 90.6 Å². The molecule has 0 unspecified atom stereocenters. The number of carbonyl (C=O) groups excluding carboxylic acids is 3. The number of morpholine rings is 1. The van der Waals surface area contributed by atoms with Gasteiger partial charge in [0.25, 0.3) is 0 Å². The van der Waals surface area contributed by atoms with Gasteiger partial charge >= 0.3 is 6.09 Å². The summed E-state index contributed by atoms with van der Waals surface area (Å²) in [5.74, 6) is -0.435. The van der Waals surface area contributed by atoms with Crippen molar-refractivity contribution in [2.75, 3.05) is 46.9 Å². The van der Waals surface area contributed by atoms with Crippen LogP contribution >= 0.6 is 11.8 Å². The standard InChI is InChI=1S/C27H32N4O7S/c1-27(2,30-15-17-37-18-16-30)25(33)20-7-11-22(12-8-20)39-21-9-5-19(6-10-21)24(32)23(13-14-29(3)4)28-38-26(34)31(35)36/h5-12H,13-18H2,1-4H3/b28-23+. The summed E-state index contributed by atoms with van der Waals surface area (Å²) >= 11 is 1.47. The molecule has 1 fully saturated rings. The van der Waals surface area contributed by atoms with Gasteiger partial charge in [-0.25, -0.2) is 0 Å². The van der Waals surface area contributed by atoms with Gasteiger partial charge in [0.2, 0.25) is 5.78 Å². The van der Waals surface area contributed by atoms with Crippen molar-refractivity contribution in [2.45, 2.75) is 35.6 Å². The molecule has 0 spiro atoms. The van der Waals surface area contributed by atoms with E-state index in [2.05, 4.69) is 14.9 Å². The first-order chi connectivity index (χ1) is 18.5. The van der Waals surface area contributed by atoms with Crippen LogP contribution in [0.25, 0.3) is 0 Å². The predicted molar refractivity (Wildman–Crippen MR) is 146 cm³/mol. The number of nitrogens with zero attached hydrogens (tertiary/aromatic N) is 4. The molecule has 0 radical (unpaired) electrons. The Balaban J connectivity index is 1.67. The molecule has 208 valence electrons. The lowest BCUT2D eigenvalue weighted by Gasteiger charge is -2.39. The normalized spacial score (nSPS) is 14.7. The molecule has 0 aliphatic carbocycles. The summed E-state index contributed by atoms with van der Waals surface area (Å²) in [5, 5.41) is 14.0. The van der Waals surface area contributed by atoms with Gasteiger partial charge in [0.05, 0.1) is 18.8 Å². The second-order valence-electron chi connectivity index (χ2n) is 9.67. The van der Waals surface area contributed by atoms with Crippen molar-refractivity contribution in [3.05, 3.63) is 69.8 Å². The fraction of sp³-hybridized carbons (Fsp3) is 0.407. The molecule has 3 rings (SSSR count). The Hall–Kier alpha value is -3.45. The predicted octanol–water partition coefficient (Wildman–Crippen LogP) is 4.04. The van der Waals surface area contributed by atoms with Crippen LogP contribution in [0.5, 0.6) is 0 Å². The molecule has 0 N–H and O–H groups in total. The Morgan fingerprint density at radius 3 is 2.08 bits per heavy atom. The number of oxime groups is 1. The van der Waals surface area contributed by atoms with Crippen molar-refractivity contribution in [3.63, 3.8) is 0 Å². The van der Waals surface area contributed by atoms with E-state index >= 15 is 0 Å². The number of nitro groups is 1. The Labute approximate surface area is 231 Å². The molecule has 0 atom stereocenters. The number of Topliss-reactive ketones (excluding diaryl/α,β-unsaturated/α-hetero) is 2. The first-order valence-corrected chi connectivity index (χ1v) is 13.2. The highest BCUT2D eigenvalue weighted by Crippen LogP contribution is 2.29. The van der Waals surface area contributed by atoms with Crippen molar-refractivity contribution in [2.24, 2.45) is 5.16 Å². The minimum absolute atomic E-state index is 0.0550. The Morgan fingerprint density at radius 1 is 1.03 bits per heavy atom. The van der Waals surface area contributed by atoms with Gasteiger partial charge < -0.3 is 9.64 Å². The molecule has 2 aromatic rings. The molecule has 0 bridgehead atoms. The van der Waals surface area contributed by atoms with E-state index < -0.39 is 22.3 Å². The lowest BCUT2D eigenvalue weighted by Crippen LogP contribution is -2.54. The summed E-state index contributed by atoms with van der Waals surface area (Å²) in [5.41, 5.74) is 0.218. The van der Waals surface area contributed by atoms with Crippen LogP contribution in [0, 0.1) is 10.1 Å². The zero-order valence-electron chi connectivity index (χ0n) is 22.4. The second kappa shape index (κ2) is 13.6. The number of ketones is 2. The van der Waals surface area contributed by atoms with Crippen LogP contribution in [0.1, 0.15) is 41.0 Å². The number of ether oxygens (including phenoxy) is 1. The van der Waals surface area contributed by atoms with E-state index in [4.69, 9.17) is 4.74 Å². The molecule has 11 nitrogen and oxygen atoms in total. The minimum atomic E-state index is -1.76. The zero-order valence-corrected chi connectivity index (χ0v) is 23.2. The Bertz CT molecular complexity index is 1220. The molecule has 1 heterocycles. The van der Waals surface area contributed by atoms with Crippen LogP contribution < -0.4 is 0 Å². The van der Waals surface area contributed by atoms with Gasteiger partial charge in [0, 0.05) is 47.0 Å². The summed E-state index contributed by atoms with van der Waals surface area (Å²) in [7, 11) is 3.59. The van der Waals surface area contributed by atoms with Gasteiger partial charge in [-0.3, -0.25) is 29.4 Å². The second-order valence-corrected chi connectivity index (χ2v) is 10.8. The van der Waals surface area contributed by atoms with Crippen LogP contribution in [0.4, 0.5) is 4.79 Å². The molecule has 39 heavy (non-hydrogen) atoms. The maximum atomic E-state index is 13.2. The molecule has 1 saturated heterocycles. The van der Waals surface area contributed by atoms with Crippen LogP contribution in [0.3, 0.4) is 0 Å². The smallest absolute Gasteiger partial charge is 0.379 e. The Kier molecular flexibility index (Phi) is 10.5. The maximum absolute atomic E-state index is 13.2. The Morgan fingerprint density at radius 2 is 1.56 bits per heavy atom. The van der Waals surface area contributed by atoms with Gasteiger partial charge in [-0.15, -0.1) is 0 Å². The van der Waals surface area contributed by atoms with Gasteiger partial charge in [-0.1, -0.05) is 29.1 Å². The maximum Gasteiger partial charge on any atom is 0.683 e. The number of rotatable bonds is 11. The highest BCUT2D eigenvalue weighted by molar-refractivity contribution is 7.99. The van der Waals surface area contributed by atoms with Crippen LogP contribution in [0.15, 0.2) is 63.5 Å². The third-order valence-corrected chi connectivity index (χ3v) is 7.28. The molecule has 1 aliphatic heterocycles. The SMILES string of the molecule is CN(C)CC/C(=N\OC(=O)[N+](=O)[O-])C(=O)c1ccc(Sc2ccc(C(=O)C(C)(C)N3CCOCC3)cc2)cc1. The van der Waals surface area contributed by atoms with Gasteiger partial charge in [0.1, 0.15) is 10.6 Å². The van der Waals surface area contributed by atoms with Crippen LogP contribution in [-0.2, 0) is 9.57 Å². The van der Waals surface area contributed by atoms with Crippen molar-refractivity contribution < 1.29 is 28.9 Å². The van der Waals surface area contributed by atoms with E-state index in [0.717, 1.165) is 22.9 Å². The molecule has 0 saturated carbocycles. The van der Waals surface area contributed by atoms with E-state index in [1.54, 1.807) is 43.3 Å². The third kappa shape index (κ3) is 8.27. The van der Waals surface area contributed by atoms with Gasteiger partial charge in [-0.05, 0) is 64.3 Å². The first kappa shape index (κ1) is 30.1. The van der Waals surface area contributed by atoms with Crippen molar-refractivity contribution >= 4 is 35.1 Å². The van der Waals surface area contributed by atoms with E-state index in [0.29, 0.717) is 30.9 Å². The quantitative estimate of drug-likeness (QED) is 0.131. The van der Waals surface area contributed by atoms with E-state index in [9.17, 15) is 24.5 Å². The largest absolute Gasteiger partial charge is 0.683 e. The molecule has 1 aliphatic rings. The molecule has 2 aromatic carbocycles. The van der Waals surface area contributed by atoms with E-state index in [1.807, 2.05) is 38.1 Å². The number of carbonyl (C=O) groups is 3. The van der Waals surface area contributed by atoms with Crippen molar-refractivity contribution in [3.8, 4) is 0 Å². The highest BCUT2D eigenvalue weighted by Gasteiger charge is 2.35. The van der Waals surface area contributed by atoms with Crippen molar-refractivity contribution in [1.82, 2.24) is 9.80 Å². The topological polar surface area (TPSA) is 132 Å². The fourth-order valence-electron chi connectivity index (χ4n) is 3.93.